The largest absolute Gasteiger partial charge is 0.481 e. The molecule has 0 bridgehead atoms. The molecule has 0 heterocycles. The molecule has 0 aliphatic carbocycles. The summed E-state index contributed by atoms with van der Waals surface area (Å²) in [4.78, 5) is 21.6. The van der Waals surface area contributed by atoms with E-state index in [1.807, 2.05) is 13.8 Å². The van der Waals surface area contributed by atoms with E-state index in [0.29, 0.717) is 26.1 Å². The number of hydrogen-bond acceptors (Lipinski definition) is 3. The summed E-state index contributed by atoms with van der Waals surface area (Å²) in [5.74, 6) is -0.773. The van der Waals surface area contributed by atoms with Crippen LogP contribution in [-0.4, -0.2) is 42.9 Å². The van der Waals surface area contributed by atoms with Gasteiger partial charge in [0.15, 0.2) is 0 Å². The van der Waals surface area contributed by atoms with Gasteiger partial charge in [-0.15, -0.1) is 0 Å². The zero-order chi connectivity index (χ0) is 13.8. The van der Waals surface area contributed by atoms with Crippen LogP contribution in [0.5, 0.6) is 0 Å². The van der Waals surface area contributed by atoms with Crippen molar-refractivity contribution in [2.45, 2.75) is 45.6 Å². The molecule has 18 heavy (non-hydrogen) atoms. The van der Waals surface area contributed by atoms with Crippen LogP contribution in [0.1, 0.15) is 39.5 Å². The number of carboxylic acids is 1. The average molecular weight is 260 g/mol. The van der Waals surface area contributed by atoms with Crippen molar-refractivity contribution in [3.05, 3.63) is 0 Å². The maximum atomic E-state index is 11.3. The lowest BCUT2D eigenvalue weighted by atomic mass is 10.2. The molecule has 0 spiro atoms. The van der Waals surface area contributed by atoms with Gasteiger partial charge in [-0.1, -0.05) is 6.42 Å². The van der Waals surface area contributed by atoms with Gasteiger partial charge in [0.1, 0.15) is 0 Å². The van der Waals surface area contributed by atoms with Gasteiger partial charge in [-0.25, -0.2) is 4.79 Å². The number of carbonyl (C=O) groups is 2. The summed E-state index contributed by atoms with van der Waals surface area (Å²) in [6.45, 7) is 5.49. The SMILES string of the molecule is CCOC(C)CNC(=O)NCCCCCC(=O)O. The normalized spacial score (nSPS) is 11.9. The third-order valence-electron chi connectivity index (χ3n) is 2.35. The van der Waals surface area contributed by atoms with Crippen molar-refractivity contribution >= 4 is 12.0 Å². The summed E-state index contributed by atoms with van der Waals surface area (Å²) in [7, 11) is 0. The van der Waals surface area contributed by atoms with Crippen molar-refractivity contribution in [1.29, 1.82) is 0 Å². The first-order valence-electron chi connectivity index (χ1n) is 6.41. The first-order valence-corrected chi connectivity index (χ1v) is 6.41. The zero-order valence-corrected chi connectivity index (χ0v) is 11.2. The zero-order valence-electron chi connectivity index (χ0n) is 11.2. The number of aliphatic carboxylic acids is 1. The van der Waals surface area contributed by atoms with Crippen LogP contribution in [0, 0.1) is 0 Å². The maximum Gasteiger partial charge on any atom is 0.314 e. The summed E-state index contributed by atoms with van der Waals surface area (Å²) in [5, 5.41) is 13.9. The second-order valence-electron chi connectivity index (χ2n) is 4.11. The van der Waals surface area contributed by atoms with Crippen LogP contribution in [0.2, 0.25) is 0 Å². The molecule has 0 saturated carbocycles. The number of amides is 2. The number of unbranched alkanes of at least 4 members (excludes halogenated alkanes) is 2. The lowest BCUT2D eigenvalue weighted by Crippen LogP contribution is -2.40. The Morgan fingerprint density at radius 2 is 1.94 bits per heavy atom. The number of rotatable bonds is 10. The number of nitrogens with one attached hydrogen (secondary N) is 2. The highest BCUT2D eigenvalue weighted by Gasteiger charge is 2.04. The molecule has 0 aromatic carbocycles. The molecule has 0 saturated heterocycles. The second kappa shape index (κ2) is 10.8. The van der Waals surface area contributed by atoms with Crippen LogP contribution in [-0.2, 0) is 9.53 Å². The predicted octanol–water partition coefficient (Wildman–Crippen LogP) is 1.36. The molecular formula is C12H24N2O4. The highest BCUT2D eigenvalue weighted by molar-refractivity contribution is 5.73. The molecule has 0 aromatic rings. The van der Waals surface area contributed by atoms with E-state index in [1.165, 1.54) is 0 Å². The average Bonchev–Trinajstić information content (AvgIpc) is 2.31. The quantitative estimate of drug-likeness (QED) is 0.517. The van der Waals surface area contributed by atoms with Crippen LogP contribution in [0.25, 0.3) is 0 Å². The maximum absolute atomic E-state index is 11.3. The first-order chi connectivity index (χ1) is 8.56. The fourth-order valence-electron chi connectivity index (χ4n) is 1.42. The van der Waals surface area contributed by atoms with E-state index in [-0.39, 0.29) is 18.6 Å². The number of ether oxygens (including phenoxy) is 1. The van der Waals surface area contributed by atoms with Gasteiger partial charge in [-0.05, 0) is 26.7 Å². The molecule has 0 aromatic heterocycles. The van der Waals surface area contributed by atoms with E-state index >= 15 is 0 Å². The highest BCUT2D eigenvalue weighted by atomic mass is 16.5. The minimum absolute atomic E-state index is 0.0105. The number of carbonyl (C=O) groups excluding carboxylic acids is 1. The Hall–Kier alpha value is -1.30. The molecule has 0 aliphatic rings. The Morgan fingerprint density at radius 1 is 1.22 bits per heavy atom. The Kier molecular flexibility index (Phi) is 10.0. The molecule has 3 N–H and O–H groups in total. The highest BCUT2D eigenvalue weighted by Crippen LogP contribution is 1.98. The molecule has 6 heteroatoms. The van der Waals surface area contributed by atoms with Crippen molar-refractivity contribution in [3.8, 4) is 0 Å². The monoisotopic (exact) mass is 260 g/mol. The number of urea groups is 1. The second-order valence-corrected chi connectivity index (χ2v) is 4.11. The van der Waals surface area contributed by atoms with Gasteiger partial charge in [0, 0.05) is 26.1 Å². The van der Waals surface area contributed by atoms with Crippen LogP contribution in [0.4, 0.5) is 4.79 Å². The fraction of sp³-hybridized carbons (Fsp3) is 0.833. The third-order valence-corrected chi connectivity index (χ3v) is 2.35. The molecule has 6 nitrogen and oxygen atoms in total. The summed E-state index contributed by atoms with van der Waals surface area (Å²) < 4.78 is 5.27. The van der Waals surface area contributed by atoms with Gasteiger partial charge in [-0.2, -0.15) is 0 Å². The molecule has 1 atom stereocenters. The van der Waals surface area contributed by atoms with Gasteiger partial charge < -0.3 is 20.5 Å². The lowest BCUT2D eigenvalue weighted by molar-refractivity contribution is -0.137. The Labute approximate surface area is 108 Å². The van der Waals surface area contributed by atoms with E-state index < -0.39 is 5.97 Å². The van der Waals surface area contributed by atoms with Gasteiger partial charge in [-0.3, -0.25) is 4.79 Å². The molecular weight excluding hydrogens is 236 g/mol. The fourth-order valence-corrected chi connectivity index (χ4v) is 1.42. The standard InChI is InChI=1S/C12H24N2O4/c1-3-18-10(2)9-14-12(17)13-8-6-4-5-7-11(15)16/h10H,3-9H2,1-2H3,(H,15,16)(H2,13,14,17). The van der Waals surface area contributed by atoms with Crippen LogP contribution >= 0.6 is 0 Å². The summed E-state index contributed by atoms with van der Waals surface area (Å²) in [6.07, 6.45) is 2.46. The van der Waals surface area contributed by atoms with Gasteiger partial charge in [0.2, 0.25) is 0 Å². The van der Waals surface area contributed by atoms with E-state index in [1.54, 1.807) is 0 Å². The van der Waals surface area contributed by atoms with E-state index in [4.69, 9.17) is 9.84 Å². The van der Waals surface area contributed by atoms with Crippen molar-refractivity contribution in [3.63, 3.8) is 0 Å². The first kappa shape index (κ1) is 16.7. The molecule has 0 fully saturated rings. The Morgan fingerprint density at radius 3 is 2.56 bits per heavy atom. The van der Waals surface area contributed by atoms with Crippen molar-refractivity contribution < 1.29 is 19.4 Å². The van der Waals surface area contributed by atoms with Gasteiger partial charge >= 0.3 is 12.0 Å². The van der Waals surface area contributed by atoms with Crippen LogP contribution < -0.4 is 10.6 Å². The number of hydrogen-bond donors (Lipinski definition) is 3. The molecule has 0 rings (SSSR count). The van der Waals surface area contributed by atoms with E-state index in [0.717, 1.165) is 12.8 Å². The van der Waals surface area contributed by atoms with Gasteiger partial charge in [0.05, 0.1) is 6.10 Å². The minimum Gasteiger partial charge on any atom is -0.481 e. The predicted molar refractivity (Wildman–Crippen MR) is 68.6 cm³/mol. The van der Waals surface area contributed by atoms with E-state index in [9.17, 15) is 9.59 Å². The van der Waals surface area contributed by atoms with Gasteiger partial charge in [0.25, 0.3) is 0 Å². The molecule has 0 aliphatic heterocycles. The van der Waals surface area contributed by atoms with Crippen LogP contribution in [0.3, 0.4) is 0 Å². The van der Waals surface area contributed by atoms with Crippen molar-refractivity contribution in [1.82, 2.24) is 10.6 Å². The van der Waals surface area contributed by atoms with Crippen molar-refractivity contribution in [2.75, 3.05) is 19.7 Å². The Bertz CT molecular complexity index is 246. The lowest BCUT2D eigenvalue weighted by Gasteiger charge is -2.13. The number of carboxylic acid groups (broad SMARTS) is 1. The van der Waals surface area contributed by atoms with Crippen molar-refractivity contribution in [2.24, 2.45) is 0 Å². The molecule has 106 valence electrons. The third kappa shape index (κ3) is 11.2. The summed E-state index contributed by atoms with van der Waals surface area (Å²) in [6, 6.07) is -0.209. The molecule has 0 radical (unpaired) electrons. The molecule has 2 amide bonds. The van der Waals surface area contributed by atoms with Crippen LogP contribution in [0.15, 0.2) is 0 Å². The molecule has 1 unspecified atom stereocenters. The summed E-state index contributed by atoms with van der Waals surface area (Å²) >= 11 is 0. The summed E-state index contributed by atoms with van der Waals surface area (Å²) in [5.41, 5.74) is 0. The smallest absolute Gasteiger partial charge is 0.314 e. The van der Waals surface area contributed by atoms with E-state index in [2.05, 4.69) is 10.6 Å². The topological polar surface area (TPSA) is 87.7 Å². The minimum atomic E-state index is -0.773. The Balaban J connectivity index is 3.34.